The van der Waals surface area contributed by atoms with Crippen molar-refractivity contribution in [1.82, 2.24) is 0 Å². The Labute approximate surface area is 244 Å². The third kappa shape index (κ3) is 3.79. The van der Waals surface area contributed by atoms with E-state index in [-0.39, 0.29) is 47.9 Å². The molecule has 42 heavy (non-hydrogen) atoms. The molecule has 0 saturated carbocycles. The van der Waals surface area contributed by atoms with E-state index >= 15 is 4.79 Å². The maximum absolute atomic E-state index is 15.1. The number of nitrogens with zero attached hydrogens (tertiary/aromatic N) is 1. The van der Waals surface area contributed by atoms with Gasteiger partial charge in [-0.05, 0) is 61.1 Å². The van der Waals surface area contributed by atoms with Crippen molar-refractivity contribution >= 4 is 40.0 Å². The Hall–Kier alpha value is -4.52. The fourth-order valence-corrected chi connectivity index (χ4v) is 6.91. The lowest BCUT2D eigenvalue weighted by Crippen LogP contribution is -2.58. The molecule has 1 heterocycles. The number of aryl methyl sites for hydroxylation is 1. The van der Waals surface area contributed by atoms with Gasteiger partial charge in [0.2, 0.25) is 0 Å². The molecular weight excluding hydrogens is 530 g/mol. The van der Waals surface area contributed by atoms with E-state index < -0.39 is 22.9 Å². The van der Waals surface area contributed by atoms with Crippen LogP contribution in [0.25, 0.3) is 10.8 Å². The number of hydrogen-bond donors (Lipinski definition) is 0. The second-order valence-electron chi connectivity index (χ2n) is 11.9. The molecule has 0 bridgehead atoms. The number of Topliss-reactive ketones (excluding diaryl/α,β-unsaturated/α-hetero) is 2. The van der Waals surface area contributed by atoms with Crippen LogP contribution in [0.4, 0.5) is 5.69 Å². The van der Waals surface area contributed by atoms with Gasteiger partial charge < -0.3 is 14.4 Å². The van der Waals surface area contributed by atoms with E-state index in [0.29, 0.717) is 34.3 Å². The molecule has 1 aliphatic heterocycles. The SMILES string of the molecule is CCOC(=O)C1=C(C(=O)OCC)C2(C(=O)c3cccc4cccc2c34)N(c2ccc(C)cc2)C2=C1C(=O)CC(C)(C)C2. The van der Waals surface area contributed by atoms with E-state index in [4.69, 9.17) is 9.47 Å². The Kier molecular flexibility index (Phi) is 6.44. The number of ether oxygens (including phenoxy) is 2. The monoisotopic (exact) mass is 563 g/mol. The summed E-state index contributed by atoms with van der Waals surface area (Å²) in [6.45, 7) is 9.33. The fourth-order valence-electron chi connectivity index (χ4n) is 6.91. The van der Waals surface area contributed by atoms with Crippen molar-refractivity contribution in [3.8, 4) is 0 Å². The zero-order chi connectivity index (χ0) is 30.0. The van der Waals surface area contributed by atoms with Crippen molar-refractivity contribution in [1.29, 1.82) is 0 Å². The minimum absolute atomic E-state index is 0.0112. The summed E-state index contributed by atoms with van der Waals surface area (Å²) < 4.78 is 11.1. The quantitative estimate of drug-likeness (QED) is 0.345. The van der Waals surface area contributed by atoms with Crippen LogP contribution in [0.5, 0.6) is 0 Å². The molecule has 7 heteroatoms. The second kappa shape index (κ2) is 9.79. The lowest BCUT2D eigenvalue weighted by molar-refractivity contribution is -0.142. The van der Waals surface area contributed by atoms with E-state index in [2.05, 4.69) is 0 Å². The van der Waals surface area contributed by atoms with Crippen LogP contribution in [0.2, 0.25) is 0 Å². The smallest absolute Gasteiger partial charge is 0.339 e. The van der Waals surface area contributed by atoms with E-state index in [1.54, 1.807) is 19.9 Å². The Morgan fingerprint density at radius 3 is 2.17 bits per heavy atom. The molecule has 3 aliphatic rings. The Morgan fingerprint density at radius 2 is 1.50 bits per heavy atom. The molecule has 3 aromatic carbocycles. The molecule has 1 spiro atoms. The first-order chi connectivity index (χ1) is 20.1. The first kappa shape index (κ1) is 27.6. The van der Waals surface area contributed by atoms with Gasteiger partial charge in [-0.1, -0.05) is 67.9 Å². The van der Waals surface area contributed by atoms with Gasteiger partial charge in [0.05, 0.1) is 29.9 Å². The minimum Gasteiger partial charge on any atom is -0.463 e. The number of esters is 2. The van der Waals surface area contributed by atoms with E-state index in [0.717, 1.165) is 10.9 Å². The number of fused-ring (bicyclic) bond motifs is 1. The summed E-state index contributed by atoms with van der Waals surface area (Å²) in [5.74, 6) is -2.29. The fraction of sp³-hybridized carbons (Fsp3) is 0.314. The van der Waals surface area contributed by atoms with Crippen molar-refractivity contribution < 1.29 is 28.7 Å². The molecule has 0 fully saturated rings. The lowest BCUT2D eigenvalue weighted by atomic mass is 9.66. The number of allylic oxidation sites excluding steroid dienone is 1. The Morgan fingerprint density at radius 1 is 0.857 bits per heavy atom. The van der Waals surface area contributed by atoms with Gasteiger partial charge in [0.25, 0.3) is 0 Å². The minimum atomic E-state index is -1.81. The standard InChI is InChI=1S/C35H33NO6/c1-6-41-32(39)29-28-25(18-34(4,5)19-26(28)37)36(22-16-14-20(3)15-17-22)35(30(29)33(40)42-7-2)24-13-9-11-21-10-8-12-23(27(21)24)31(35)38/h8-17H,6-7,18-19H2,1-5H3. The van der Waals surface area contributed by atoms with Crippen molar-refractivity contribution in [2.75, 3.05) is 18.1 Å². The van der Waals surface area contributed by atoms with Crippen molar-refractivity contribution in [2.45, 2.75) is 53.0 Å². The predicted molar refractivity (Wildman–Crippen MR) is 159 cm³/mol. The molecule has 1 atom stereocenters. The van der Waals surface area contributed by atoms with Crippen LogP contribution in [0.3, 0.4) is 0 Å². The first-order valence-electron chi connectivity index (χ1n) is 14.4. The van der Waals surface area contributed by atoms with Crippen LogP contribution in [-0.4, -0.2) is 36.7 Å². The highest BCUT2D eigenvalue weighted by atomic mass is 16.5. The summed E-state index contributed by atoms with van der Waals surface area (Å²) in [6.07, 6.45) is 0.561. The predicted octanol–water partition coefficient (Wildman–Crippen LogP) is 6.13. The van der Waals surface area contributed by atoms with Gasteiger partial charge in [-0.2, -0.15) is 0 Å². The lowest BCUT2D eigenvalue weighted by Gasteiger charge is -2.51. The van der Waals surface area contributed by atoms with Crippen molar-refractivity contribution in [3.05, 3.63) is 99.8 Å². The summed E-state index contributed by atoms with van der Waals surface area (Å²) in [7, 11) is 0. The van der Waals surface area contributed by atoms with Crippen LogP contribution in [0, 0.1) is 12.3 Å². The summed E-state index contributed by atoms with van der Waals surface area (Å²) in [5.41, 5.74) is 0.658. The Balaban J connectivity index is 1.85. The average Bonchev–Trinajstić information content (AvgIpc) is 3.18. The molecule has 7 nitrogen and oxygen atoms in total. The number of carbonyl (C=O) groups is 4. The molecule has 3 aromatic rings. The van der Waals surface area contributed by atoms with Crippen LogP contribution >= 0.6 is 0 Å². The molecule has 214 valence electrons. The van der Waals surface area contributed by atoms with Crippen molar-refractivity contribution in [3.63, 3.8) is 0 Å². The molecule has 0 aromatic heterocycles. The number of rotatable bonds is 5. The molecule has 0 radical (unpaired) electrons. The van der Waals surface area contributed by atoms with E-state index in [1.165, 1.54) is 0 Å². The summed E-state index contributed by atoms with van der Waals surface area (Å²) in [6, 6.07) is 18.7. The highest BCUT2D eigenvalue weighted by molar-refractivity contribution is 6.29. The summed E-state index contributed by atoms with van der Waals surface area (Å²) in [5, 5.41) is 1.54. The highest BCUT2D eigenvalue weighted by Crippen LogP contribution is 2.58. The molecule has 0 amide bonds. The Bertz CT molecular complexity index is 1750. The number of anilines is 1. The topological polar surface area (TPSA) is 90.0 Å². The van der Waals surface area contributed by atoms with Gasteiger partial charge in [0, 0.05) is 23.4 Å². The third-order valence-electron chi connectivity index (χ3n) is 8.44. The van der Waals surface area contributed by atoms with Gasteiger partial charge in [0.1, 0.15) is 0 Å². The number of hydrogen-bond acceptors (Lipinski definition) is 7. The van der Waals surface area contributed by atoms with Gasteiger partial charge in [-0.3, -0.25) is 9.59 Å². The first-order valence-corrected chi connectivity index (χ1v) is 14.4. The average molecular weight is 564 g/mol. The van der Waals surface area contributed by atoms with Gasteiger partial charge in [0.15, 0.2) is 17.1 Å². The van der Waals surface area contributed by atoms with Gasteiger partial charge in [-0.25, -0.2) is 9.59 Å². The number of ketones is 2. The second-order valence-corrected chi connectivity index (χ2v) is 11.9. The maximum Gasteiger partial charge on any atom is 0.339 e. The molecule has 6 rings (SSSR count). The maximum atomic E-state index is 15.1. The molecule has 0 saturated heterocycles. The number of benzene rings is 3. The largest absolute Gasteiger partial charge is 0.463 e. The van der Waals surface area contributed by atoms with Gasteiger partial charge >= 0.3 is 11.9 Å². The molecular formula is C35H33NO6. The zero-order valence-electron chi connectivity index (χ0n) is 24.5. The van der Waals surface area contributed by atoms with E-state index in [1.807, 2.05) is 80.3 Å². The molecule has 2 aliphatic carbocycles. The van der Waals surface area contributed by atoms with Crippen LogP contribution in [-0.2, 0) is 29.4 Å². The third-order valence-corrected chi connectivity index (χ3v) is 8.44. The zero-order valence-corrected chi connectivity index (χ0v) is 24.5. The van der Waals surface area contributed by atoms with E-state index in [9.17, 15) is 14.4 Å². The number of carbonyl (C=O) groups excluding carboxylic acids is 4. The van der Waals surface area contributed by atoms with Crippen LogP contribution in [0.1, 0.15) is 62.0 Å². The van der Waals surface area contributed by atoms with Gasteiger partial charge in [-0.15, -0.1) is 0 Å². The highest BCUT2D eigenvalue weighted by Gasteiger charge is 2.63. The summed E-state index contributed by atoms with van der Waals surface area (Å²) in [4.78, 5) is 59.2. The van der Waals surface area contributed by atoms with Crippen LogP contribution in [0.15, 0.2) is 83.1 Å². The molecule has 0 N–H and O–H groups in total. The van der Waals surface area contributed by atoms with Crippen LogP contribution < -0.4 is 4.90 Å². The van der Waals surface area contributed by atoms with Crippen molar-refractivity contribution in [2.24, 2.45) is 5.41 Å². The normalized spacial score (nSPS) is 20.8. The summed E-state index contributed by atoms with van der Waals surface area (Å²) >= 11 is 0. The molecule has 1 unspecified atom stereocenters.